The summed E-state index contributed by atoms with van der Waals surface area (Å²) in [6, 6.07) is 5.10. The highest BCUT2D eigenvalue weighted by Crippen LogP contribution is 2.31. The van der Waals surface area contributed by atoms with Crippen LogP contribution in [0.3, 0.4) is 0 Å². The molecule has 1 heterocycles. The van der Waals surface area contributed by atoms with E-state index in [1.807, 2.05) is 0 Å². The van der Waals surface area contributed by atoms with Gasteiger partial charge in [0.2, 0.25) is 11.7 Å². The molecular weight excluding hydrogens is 359 g/mol. The number of ether oxygens (including phenoxy) is 1. The van der Waals surface area contributed by atoms with Crippen LogP contribution < -0.4 is 11.1 Å². The predicted molar refractivity (Wildman–Crippen MR) is 89.5 cm³/mol. The fourth-order valence-electron chi connectivity index (χ4n) is 2.09. The zero-order chi connectivity index (χ0) is 17.7. The van der Waals surface area contributed by atoms with Crippen molar-refractivity contribution in [1.82, 2.24) is 0 Å². The van der Waals surface area contributed by atoms with Crippen molar-refractivity contribution in [3.8, 4) is 0 Å². The van der Waals surface area contributed by atoms with Gasteiger partial charge < -0.3 is 20.2 Å². The second-order valence-corrected chi connectivity index (χ2v) is 5.32. The van der Waals surface area contributed by atoms with Crippen LogP contribution in [0.15, 0.2) is 22.6 Å². The highest BCUT2D eigenvalue weighted by Gasteiger charge is 2.20. The second kappa shape index (κ2) is 8.03. The maximum Gasteiger partial charge on any atom is 0.320 e. The Morgan fingerprint density at radius 1 is 1.21 bits per heavy atom. The summed E-state index contributed by atoms with van der Waals surface area (Å²) in [5.41, 5.74) is 6.64. The van der Waals surface area contributed by atoms with Gasteiger partial charge in [-0.3, -0.25) is 14.4 Å². The van der Waals surface area contributed by atoms with E-state index in [9.17, 15) is 14.4 Å². The van der Waals surface area contributed by atoms with Crippen LogP contribution in [0.2, 0.25) is 0 Å². The predicted octanol–water partition coefficient (Wildman–Crippen LogP) is 2.03. The lowest BCUT2D eigenvalue weighted by molar-refractivity contribution is -0.140. The van der Waals surface area contributed by atoms with E-state index in [0.29, 0.717) is 17.4 Å². The Labute approximate surface area is 147 Å². The number of carbonyl (C=O) groups excluding carboxylic acids is 3. The molecule has 0 unspecified atom stereocenters. The molecule has 2 amide bonds. The number of anilines is 1. The number of nitrogens with two attached hydrogens (primary N) is 1. The third-order valence-electron chi connectivity index (χ3n) is 3.12. The molecule has 24 heavy (non-hydrogen) atoms. The molecule has 2 aromatic rings. The van der Waals surface area contributed by atoms with Crippen LogP contribution in [0.1, 0.15) is 16.1 Å². The largest absolute Gasteiger partial charge is 0.464 e. The van der Waals surface area contributed by atoms with Gasteiger partial charge in [-0.15, -0.1) is 23.2 Å². The van der Waals surface area contributed by atoms with E-state index >= 15 is 0 Å². The molecule has 7 nitrogen and oxygen atoms in total. The lowest BCUT2D eigenvalue weighted by atomic mass is 10.1. The summed E-state index contributed by atoms with van der Waals surface area (Å²) in [5, 5.41) is 3.01. The van der Waals surface area contributed by atoms with Crippen LogP contribution in [0.4, 0.5) is 5.69 Å². The van der Waals surface area contributed by atoms with Crippen molar-refractivity contribution in [1.29, 1.82) is 0 Å². The highest BCUT2D eigenvalue weighted by molar-refractivity contribution is 6.29. The molecule has 9 heteroatoms. The first-order valence-electron chi connectivity index (χ1n) is 6.89. The number of halogens is 2. The molecule has 3 N–H and O–H groups in total. The number of nitrogens with one attached hydrogen (secondary N) is 1. The van der Waals surface area contributed by atoms with Crippen molar-refractivity contribution in [2.45, 2.75) is 6.42 Å². The van der Waals surface area contributed by atoms with Crippen LogP contribution >= 0.6 is 23.2 Å². The molecule has 0 fully saturated rings. The molecule has 0 aliphatic heterocycles. The Balaban J connectivity index is 2.31. The zero-order valence-corrected chi connectivity index (χ0v) is 13.9. The van der Waals surface area contributed by atoms with E-state index in [0.717, 1.165) is 5.56 Å². The van der Waals surface area contributed by atoms with Gasteiger partial charge >= 0.3 is 5.97 Å². The Kier molecular flexibility index (Phi) is 6.05. The lowest BCUT2D eigenvalue weighted by Gasteiger charge is -2.05. The van der Waals surface area contributed by atoms with E-state index in [2.05, 4.69) is 5.32 Å². The van der Waals surface area contributed by atoms with Crippen LogP contribution in [-0.4, -0.2) is 36.2 Å². The Hall–Kier alpha value is -2.25. The summed E-state index contributed by atoms with van der Waals surface area (Å²) in [4.78, 5) is 34.1. The average molecular weight is 373 g/mol. The number of primary amides is 1. The number of hydrogen-bond acceptors (Lipinski definition) is 5. The first kappa shape index (κ1) is 18.1. The standard InChI is InChI=1S/C15H14Cl2N2O5/c16-6-11(20)19-13-9-5-8(3-4-23-12(21)7-17)1-2-10(9)24-14(13)15(18)22/h1-2,5H,3-4,6-7H2,(H2,18,22)(H,19,20). The van der Waals surface area contributed by atoms with Gasteiger partial charge in [-0.25, -0.2) is 0 Å². The Morgan fingerprint density at radius 2 is 1.96 bits per heavy atom. The van der Waals surface area contributed by atoms with E-state index < -0.39 is 17.8 Å². The van der Waals surface area contributed by atoms with E-state index in [4.69, 9.17) is 38.1 Å². The number of amides is 2. The topological polar surface area (TPSA) is 112 Å². The number of benzene rings is 1. The minimum Gasteiger partial charge on any atom is -0.464 e. The fourth-order valence-corrected chi connectivity index (χ4v) is 2.24. The Bertz CT molecular complexity index is 788. The Morgan fingerprint density at radius 3 is 2.58 bits per heavy atom. The molecule has 0 aliphatic rings. The van der Waals surface area contributed by atoms with Crippen molar-refractivity contribution in [3.63, 3.8) is 0 Å². The smallest absolute Gasteiger partial charge is 0.320 e. The first-order chi connectivity index (χ1) is 11.5. The van der Waals surface area contributed by atoms with Crippen LogP contribution in [-0.2, 0) is 20.7 Å². The summed E-state index contributed by atoms with van der Waals surface area (Å²) < 4.78 is 10.3. The molecule has 0 spiro atoms. The van der Waals surface area contributed by atoms with Gasteiger partial charge in [0.1, 0.15) is 23.0 Å². The molecular formula is C15H14Cl2N2O5. The number of hydrogen-bond donors (Lipinski definition) is 2. The number of fused-ring (bicyclic) bond motifs is 1. The summed E-state index contributed by atoms with van der Waals surface area (Å²) in [5.74, 6) is -2.46. The summed E-state index contributed by atoms with van der Waals surface area (Å²) in [7, 11) is 0. The van der Waals surface area contributed by atoms with Gasteiger partial charge in [-0.2, -0.15) is 0 Å². The zero-order valence-electron chi connectivity index (χ0n) is 12.4. The van der Waals surface area contributed by atoms with Crippen molar-refractivity contribution < 1.29 is 23.5 Å². The van der Waals surface area contributed by atoms with Gasteiger partial charge in [0.15, 0.2) is 0 Å². The monoisotopic (exact) mass is 372 g/mol. The van der Waals surface area contributed by atoms with Crippen molar-refractivity contribution in [2.75, 3.05) is 23.7 Å². The van der Waals surface area contributed by atoms with E-state index in [-0.39, 0.29) is 29.8 Å². The molecule has 128 valence electrons. The third kappa shape index (κ3) is 4.18. The molecule has 0 saturated heterocycles. The quantitative estimate of drug-likeness (QED) is 0.570. The van der Waals surface area contributed by atoms with Crippen molar-refractivity contribution >= 4 is 57.6 Å². The van der Waals surface area contributed by atoms with Gasteiger partial charge in [0, 0.05) is 11.8 Å². The molecule has 0 bridgehead atoms. The van der Waals surface area contributed by atoms with Gasteiger partial charge in [0.25, 0.3) is 5.91 Å². The maximum absolute atomic E-state index is 11.6. The van der Waals surface area contributed by atoms with Crippen molar-refractivity contribution in [3.05, 3.63) is 29.5 Å². The SMILES string of the molecule is NC(=O)c1oc2ccc(CCOC(=O)CCl)cc2c1NC(=O)CCl. The number of furan rings is 1. The molecule has 1 aromatic carbocycles. The minimum atomic E-state index is -0.811. The molecule has 0 atom stereocenters. The van der Waals surface area contributed by atoms with E-state index in [1.54, 1.807) is 18.2 Å². The van der Waals surface area contributed by atoms with Crippen LogP contribution in [0.5, 0.6) is 0 Å². The number of alkyl halides is 2. The third-order valence-corrected chi connectivity index (χ3v) is 3.59. The van der Waals surface area contributed by atoms with Gasteiger partial charge in [0.05, 0.1) is 6.61 Å². The molecule has 1 aromatic heterocycles. The molecule has 2 rings (SSSR count). The normalized spacial score (nSPS) is 10.6. The summed E-state index contributed by atoms with van der Waals surface area (Å²) in [6.45, 7) is 0.154. The fraction of sp³-hybridized carbons (Fsp3) is 0.267. The summed E-state index contributed by atoms with van der Waals surface area (Å²) >= 11 is 10.8. The number of esters is 1. The maximum atomic E-state index is 11.6. The van der Waals surface area contributed by atoms with Crippen LogP contribution in [0, 0.1) is 0 Å². The van der Waals surface area contributed by atoms with Gasteiger partial charge in [-0.1, -0.05) is 6.07 Å². The van der Waals surface area contributed by atoms with Gasteiger partial charge in [-0.05, 0) is 17.7 Å². The first-order valence-corrected chi connectivity index (χ1v) is 7.95. The number of carbonyl (C=O) groups is 3. The minimum absolute atomic E-state index is 0.154. The summed E-state index contributed by atoms with van der Waals surface area (Å²) in [6.07, 6.45) is 0.429. The second-order valence-electron chi connectivity index (χ2n) is 4.79. The van der Waals surface area contributed by atoms with Crippen LogP contribution in [0.25, 0.3) is 11.0 Å². The van der Waals surface area contributed by atoms with Crippen molar-refractivity contribution in [2.24, 2.45) is 5.73 Å². The average Bonchev–Trinajstić information content (AvgIpc) is 2.92. The molecule has 0 aliphatic carbocycles. The molecule has 0 saturated carbocycles. The lowest BCUT2D eigenvalue weighted by Crippen LogP contribution is -2.17. The highest BCUT2D eigenvalue weighted by atomic mass is 35.5. The number of rotatable bonds is 7. The molecule has 0 radical (unpaired) electrons. The van der Waals surface area contributed by atoms with E-state index in [1.165, 1.54) is 0 Å².